The van der Waals surface area contributed by atoms with Crippen LogP contribution in [0.2, 0.25) is 0 Å². The minimum absolute atomic E-state index is 0.210. The number of hydrogen-bond donors (Lipinski definition) is 2. The third-order valence-electron chi connectivity index (χ3n) is 4.80. The van der Waals surface area contributed by atoms with Crippen LogP contribution < -0.4 is 0 Å². The number of nitrogens with zero attached hydrogens (tertiary/aromatic N) is 2. The van der Waals surface area contributed by atoms with Crippen molar-refractivity contribution in [2.24, 2.45) is 0 Å². The molecule has 0 spiro atoms. The highest BCUT2D eigenvalue weighted by Gasteiger charge is 2.09. The van der Waals surface area contributed by atoms with Gasteiger partial charge in [0.2, 0.25) is 0 Å². The lowest BCUT2D eigenvalue weighted by Crippen LogP contribution is -1.91. The predicted molar refractivity (Wildman–Crippen MR) is 111 cm³/mol. The minimum atomic E-state index is 0.210. The monoisotopic (exact) mass is 364 g/mol. The molecule has 2 heterocycles. The van der Waals surface area contributed by atoms with Crippen LogP contribution in [0, 0.1) is 0 Å². The van der Waals surface area contributed by atoms with E-state index >= 15 is 0 Å². The molecule has 0 saturated carbocycles. The van der Waals surface area contributed by atoms with Crippen LogP contribution in [0.5, 0.6) is 11.5 Å². The van der Waals surface area contributed by atoms with E-state index in [1.165, 1.54) is 0 Å². The maximum Gasteiger partial charge on any atom is 0.116 e. The molecule has 5 rings (SSSR count). The second-order valence-electron chi connectivity index (χ2n) is 6.70. The number of hydrogen-bond acceptors (Lipinski definition) is 4. The Bertz CT molecular complexity index is 1240. The lowest BCUT2D eigenvalue weighted by Gasteiger charge is -2.08. The van der Waals surface area contributed by atoms with Crippen LogP contribution in [0.3, 0.4) is 0 Å². The van der Waals surface area contributed by atoms with E-state index in [2.05, 4.69) is 0 Å². The second-order valence-corrected chi connectivity index (χ2v) is 6.70. The van der Waals surface area contributed by atoms with Crippen molar-refractivity contribution in [2.75, 3.05) is 0 Å². The molecule has 2 aromatic heterocycles. The van der Waals surface area contributed by atoms with Crippen molar-refractivity contribution >= 4 is 21.8 Å². The average molecular weight is 364 g/mol. The first kappa shape index (κ1) is 16.3. The van der Waals surface area contributed by atoms with Gasteiger partial charge in [0, 0.05) is 21.9 Å². The quantitative estimate of drug-likeness (QED) is 0.404. The fourth-order valence-corrected chi connectivity index (χ4v) is 3.42. The minimum Gasteiger partial charge on any atom is -0.508 e. The molecule has 0 amide bonds. The van der Waals surface area contributed by atoms with E-state index in [4.69, 9.17) is 9.97 Å². The molecule has 0 aliphatic rings. The van der Waals surface area contributed by atoms with Gasteiger partial charge in [-0.3, -0.25) is 0 Å². The lowest BCUT2D eigenvalue weighted by atomic mass is 10.1. The third kappa shape index (κ3) is 2.81. The maximum atomic E-state index is 9.78. The molecule has 0 bridgehead atoms. The zero-order valence-corrected chi connectivity index (χ0v) is 14.9. The van der Waals surface area contributed by atoms with Crippen LogP contribution in [0.15, 0.2) is 84.9 Å². The summed E-state index contributed by atoms with van der Waals surface area (Å²) < 4.78 is 0. The van der Waals surface area contributed by atoms with Crippen molar-refractivity contribution in [3.05, 3.63) is 84.9 Å². The summed E-state index contributed by atoms with van der Waals surface area (Å²) in [6.45, 7) is 0. The van der Waals surface area contributed by atoms with E-state index in [9.17, 15) is 10.2 Å². The molecule has 0 aliphatic carbocycles. The van der Waals surface area contributed by atoms with E-state index in [0.29, 0.717) is 0 Å². The Morgan fingerprint density at radius 3 is 1.36 bits per heavy atom. The first-order valence-electron chi connectivity index (χ1n) is 8.97. The molecule has 0 radical (unpaired) electrons. The van der Waals surface area contributed by atoms with Gasteiger partial charge >= 0.3 is 0 Å². The smallest absolute Gasteiger partial charge is 0.116 e. The fourth-order valence-electron chi connectivity index (χ4n) is 3.42. The highest BCUT2D eigenvalue weighted by atomic mass is 16.3. The number of pyridine rings is 2. The number of aromatic hydroxyl groups is 2. The summed E-state index contributed by atoms with van der Waals surface area (Å²) in [4.78, 5) is 9.69. The molecular formula is C24H16N2O2. The van der Waals surface area contributed by atoms with Gasteiger partial charge in [-0.1, -0.05) is 48.5 Å². The summed E-state index contributed by atoms with van der Waals surface area (Å²) in [5.74, 6) is 0.420. The van der Waals surface area contributed by atoms with Crippen LogP contribution in [-0.4, -0.2) is 20.2 Å². The van der Waals surface area contributed by atoms with Crippen molar-refractivity contribution in [2.45, 2.75) is 0 Å². The summed E-state index contributed by atoms with van der Waals surface area (Å²) in [6, 6.07) is 26.1. The Morgan fingerprint density at radius 2 is 0.929 bits per heavy atom. The number of fused-ring (bicyclic) bond motifs is 3. The third-order valence-corrected chi connectivity index (χ3v) is 4.80. The lowest BCUT2D eigenvalue weighted by molar-refractivity contribution is 0.475. The van der Waals surface area contributed by atoms with E-state index in [0.717, 1.165) is 44.3 Å². The Balaban J connectivity index is 1.75. The van der Waals surface area contributed by atoms with Gasteiger partial charge in [0.05, 0.1) is 22.4 Å². The van der Waals surface area contributed by atoms with Crippen LogP contribution in [0.1, 0.15) is 0 Å². The van der Waals surface area contributed by atoms with E-state index in [1.807, 2.05) is 48.5 Å². The second kappa shape index (κ2) is 6.35. The van der Waals surface area contributed by atoms with Gasteiger partial charge in [-0.15, -0.1) is 0 Å². The summed E-state index contributed by atoms with van der Waals surface area (Å²) in [5.41, 5.74) is 4.87. The molecule has 28 heavy (non-hydrogen) atoms. The summed E-state index contributed by atoms with van der Waals surface area (Å²) >= 11 is 0. The largest absolute Gasteiger partial charge is 0.508 e. The van der Waals surface area contributed by atoms with Gasteiger partial charge in [0.1, 0.15) is 11.5 Å². The maximum absolute atomic E-state index is 9.78. The van der Waals surface area contributed by atoms with Gasteiger partial charge in [0.25, 0.3) is 0 Å². The predicted octanol–water partition coefficient (Wildman–Crippen LogP) is 5.53. The molecule has 0 aliphatic heterocycles. The summed E-state index contributed by atoms with van der Waals surface area (Å²) in [6.07, 6.45) is 0. The number of phenolic OH excluding ortho intramolecular Hbond substituents is 2. The van der Waals surface area contributed by atoms with Crippen LogP contribution in [-0.2, 0) is 0 Å². The summed E-state index contributed by atoms with van der Waals surface area (Å²) in [7, 11) is 0. The van der Waals surface area contributed by atoms with E-state index in [1.54, 1.807) is 36.4 Å². The zero-order chi connectivity index (χ0) is 19.1. The van der Waals surface area contributed by atoms with Crippen LogP contribution >= 0.6 is 0 Å². The van der Waals surface area contributed by atoms with Crippen molar-refractivity contribution in [1.82, 2.24) is 9.97 Å². The Hall–Kier alpha value is -3.92. The molecule has 0 fully saturated rings. The number of rotatable bonds is 2. The molecule has 134 valence electrons. The van der Waals surface area contributed by atoms with Gasteiger partial charge < -0.3 is 10.2 Å². The highest BCUT2D eigenvalue weighted by Crippen LogP contribution is 2.30. The molecule has 3 aromatic carbocycles. The Kier molecular flexibility index (Phi) is 3.69. The number of benzene rings is 3. The molecular weight excluding hydrogens is 348 g/mol. The van der Waals surface area contributed by atoms with Crippen molar-refractivity contribution in [1.29, 1.82) is 0 Å². The van der Waals surface area contributed by atoms with E-state index < -0.39 is 0 Å². The topological polar surface area (TPSA) is 66.2 Å². The van der Waals surface area contributed by atoms with Crippen molar-refractivity contribution in [3.63, 3.8) is 0 Å². The normalized spacial score (nSPS) is 11.1. The van der Waals surface area contributed by atoms with Crippen molar-refractivity contribution in [3.8, 4) is 34.0 Å². The summed E-state index contributed by atoms with van der Waals surface area (Å²) in [5, 5.41) is 21.6. The van der Waals surface area contributed by atoms with Gasteiger partial charge in [-0.25, -0.2) is 9.97 Å². The fraction of sp³-hybridized carbons (Fsp3) is 0. The standard InChI is InChI=1S/C24H16N2O2/c27-19-5-1-3-17(13-19)21-11-9-15-7-8-16-10-12-22(26-24(16)23(15)25-21)18-4-2-6-20(28)14-18/h1-14,27-28H. The molecule has 4 nitrogen and oxygen atoms in total. The first-order valence-corrected chi connectivity index (χ1v) is 8.97. The molecule has 0 atom stereocenters. The van der Waals surface area contributed by atoms with Crippen LogP contribution in [0.25, 0.3) is 44.3 Å². The molecule has 0 unspecified atom stereocenters. The molecule has 5 aromatic rings. The van der Waals surface area contributed by atoms with Crippen LogP contribution in [0.4, 0.5) is 0 Å². The average Bonchev–Trinajstić information content (AvgIpc) is 2.73. The Morgan fingerprint density at radius 1 is 0.500 bits per heavy atom. The number of phenols is 2. The van der Waals surface area contributed by atoms with Gasteiger partial charge in [-0.2, -0.15) is 0 Å². The SMILES string of the molecule is Oc1cccc(-c2ccc3ccc4ccc(-c5cccc(O)c5)nc4c3n2)c1. The Labute approximate surface area is 161 Å². The number of aromatic nitrogens is 2. The molecule has 4 heteroatoms. The highest BCUT2D eigenvalue weighted by molar-refractivity contribution is 6.04. The van der Waals surface area contributed by atoms with Gasteiger partial charge in [0.15, 0.2) is 0 Å². The molecule has 2 N–H and O–H groups in total. The van der Waals surface area contributed by atoms with Gasteiger partial charge in [-0.05, 0) is 36.4 Å². The molecule has 0 saturated heterocycles. The van der Waals surface area contributed by atoms with E-state index in [-0.39, 0.29) is 11.5 Å². The first-order chi connectivity index (χ1) is 13.7. The zero-order valence-electron chi connectivity index (χ0n) is 14.9. The van der Waals surface area contributed by atoms with Crippen molar-refractivity contribution < 1.29 is 10.2 Å².